The summed E-state index contributed by atoms with van der Waals surface area (Å²) >= 11 is 7.62. The van der Waals surface area contributed by atoms with Gasteiger partial charge in [-0.1, -0.05) is 36.7 Å². The number of nitrogens with zero attached hydrogens (tertiary/aromatic N) is 1. The molecule has 0 aliphatic carbocycles. The minimum absolute atomic E-state index is 0.237. The lowest BCUT2D eigenvalue weighted by molar-refractivity contribution is -0.120. The van der Waals surface area contributed by atoms with E-state index >= 15 is 0 Å². The molecule has 0 fully saturated rings. The van der Waals surface area contributed by atoms with Crippen molar-refractivity contribution in [3.05, 3.63) is 93.8 Å². The van der Waals surface area contributed by atoms with Gasteiger partial charge in [-0.2, -0.15) is 5.10 Å². The van der Waals surface area contributed by atoms with Gasteiger partial charge >= 0.3 is 5.97 Å². The minimum Gasteiger partial charge on any atom is -0.494 e. The summed E-state index contributed by atoms with van der Waals surface area (Å²) < 4.78 is 11.8. The van der Waals surface area contributed by atoms with Gasteiger partial charge < -0.3 is 14.8 Å². The average molecular weight is 550 g/mol. The molecule has 0 bridgehead atoms. The van der Waals surface area contributed by atoms with Crippen molar-refractivity contribution in [1.82, 2.24) is 10.7 Å². The number of benzene rings is 3. The molecule has 8 nitrogen and oxygen atoms in total. The van der Waals surface area contributed by atoms with Crippen molar-refractivity contribution in [2.45, 2.75) is 13.3 Å². The molecule has 194 valence electrons. The van der Waals surface area contributed by atoms with Crippen molar-refractivity contribution in [3.8, 4) is 11.5 Å². The molecule has 4 rings (SSSR count). The monoisotopic (exact) mass is 549 g/mol. The van der Waals surface area contributed by atoms with Crippen molar-refractivity contribution < 1.29 is 23.9 Å². The van der Waals surface area contributed by atoms with E-state index in [4.69, 9.17) is 21.1 Å². The van der Waals surface area contributed by atoms with Crippen molar-refractivity contribution in [2.75, 3.05) is 13.2 Å². The Balaban J connectivity index is 1.23. The second-order valence-electron chi connectivity index (χ2n) is 8.05. The SMILES string of the molecule is CCCOc1ccc(C(=O)NCC(=O)NN=Cc2ccc(OC(=O)c3sc4ccccc4c3Cl)cc2)cc1. The molecule has 0 radical (unpaired) electrons. The maximum atomic E-state index is 12.6. The van der Waals surface area contributed by atoms with Crippen molar-refractivity contribution in [2.24, 2.45) is 5.10 Å². The molecule has 0 saturated carbocycles. The van der Waals surface area contributed by atoms with E-state index in [-0.39, 0.29) is 12.5 Å². The number of fused-ring (bicyclic) bond motifs is 1. The quantitative estimate of drug-likeness (QED) is 0.118. The summed E-state index contributed by atoms with van der Waals surface area (Å²) in [5.41, 5.74) is 3.44. The first-order chi connectivity index (χ1) is 18.4. The summed E-state index contributed by atoms with van der Waals surface area (Å²) in [4.78, 5) is 37.2. The van der Waals surface area contributed by atoms with Crippen LogP contribution in [0.25, 0.3) is 10.1 Å². The van der Waals surface area contributed by atoms with Crippen molar-refractivity contribution in [3.63, 3.8) is 0 Å². The highest BCUT2D eigenvalue weighted by atomic mass is 35.5. The highest BCUT2D eigenvalue weighted by molar-refractivity contribution is 7.21. The third kappa shape index (κ3) is 6.96. The lowest BCUT2D eigenvalue weighted by atomic mass is 10.2. The second-order valence-corrected chi connectivity index (χ2v) is 9.48. The molecular formula is C28H24ClN3O5S. The summed E-state index contributed by atoms with van der Waals surface area (Å²) in [7, 11) is 0. The fourth-order valence-electron chi connectivity index (χ4n) is 3.32. The van der Waals surface area contributed by atoms with Gasteiger partial charge in [0.25, 0.3) is 11.8 Å². The Morgan fingerprint density at radius 3 is 2.39 bits per heavy atom. The number of carbonyl (C=O) groups excluding carboxylic acids is 3. The summed E-state index contributed by atoms with van der Waals surface area (Å²) in [5, 5.41) is 7.62. The summed E-state index contributed by atoms with van der Waals surface area (Å²) in [5.74, 6) is -0.371. The Morgan fingerprint density at radius 1 is 0.974 bits per heavy atom. The molecule has 1 aromatic heterocycles. The van der Waals surface area contributed by atoms with Crippen LogP contribution >= 0.6 is 22.9 Å². The molecule has 0 atom stereocenters. The van der Waals surface area contributed by atoms with Crippen molar-refractivity contribution >= 4 is 57.0 Å². The number of hydrazone groups is 1. The van der Waals surface area contributed by atoms with Crippen LogP contribution in [-0.2, 0) is 4.79 Å². The maximum Gasteiger partial charge on any atom is 0.355 e. The largest absolute Gasteiger partial charge is 0.494 e. The zero-order valence-electron chi connectivity index (χ0n) is 20.4. The number of esters is 1. The molecule has 38 heavy (non-hydrogen) atoms. The first kappa shape index (κ1) is 26.8. The number of hydrogen-bond donors (Lipinski definition) is 2. The number of rotatable bonds is 10. The predicted molar refractivity (Wildman–Crippen MR) is 149 cm³/mol. The number of amides is 2. The summed E-state index contributed by atoms with van der Waals surface area (Å²) in [6.07, 6.45) is 2.33. The van der Waals surface area contributed by atoms with E-state index in [1.165, 1.54) is 17.6 Å². The van der Waals surface area contributed by atoms with E-state index in [1.807, 2.05) is 31.2 Å². The van der Waals surface area contributed by atoms with Crippen LogP contribution in [0, 0.1) is 0 Å². The molecule has 0 unspecified atom stereocenters. The molecule has 0 spiro atoms. The van der Waals surface area contributed by atoms with Gasteiger partial charge in [-0.3, -0.25) is 9.59 Å². The molecule has 1 heterocycles. The fraction of sp³-hybridized carbons (Fsp3) is 0.143. The summed E-state index contributed by atoms with van der Waals surface area (Å²) in [6, 6.07) is 20.8. The summed E-state index contributed by atoms with van der Waals surface area (Å²) in [6.45, 7) is 2.38. The highest BCUT2D eigenvalue weighted by Gasteiger charge is 2.19. The number of nitrogens with one attached hydrogen (secondary N) is 2. The van der Waals surface area contributed by atoms with E-state index in [1.54, 1.807) is 48.5 Å². The molecular weight excluding hydrogens is 526 g/mol. The first-order valence-electron chi connectivity index (χ1n) is 11.8. The van der Waals surface area contributed by atoms with E-state index in [0.29, 0.717) is 39.1 Å². The van der Waals surface area contributed by atoms with Crippen LogP contribution < -0.4 is 20.2 Å². The third-order valence-electron chi connectivity index (χ3n) is 5.21. The fourth-order valence-corrected chi connectivity index (χ4v) is 4.71. The number of carbonyl (C=O) groups is 3. The molecule has 2 N–H and O–H groups in total. The predicted octanol–water partition coefficient (Wildman–Crippen LogP) is 5.44. The van der Waals surface area contributed by atoms with Crippen LogP contribution in [0.15, 0.2) is 77.9 Å². The number of ether oxygens (including phenoxy) is 2. The van der Waals surface area contributed by atoms with Gasteiger partial charge in [0.1, 0.15) is 16.4 Å². The Kier molecular flexibility index (Phi) is 9.07. The molecule has 10 heteroatoms. The van der Waals surface area contributed by atoms with Gasteiger partial charge in [-0.15, -0.1) is 11.3 Å². The lowest BCUT2D eigenvalue weighted by Crippen LogP contribution is -2.34. The van der Waals surface area contributed by atoms with Crippen LogP contribution in [0.3, 0.4) is 0 Å². The molecule has 2 amide bonds. The van der Waals surface area contributed by atoms with E-state index in [0.717, 1.165) is 16.5 Å². The van der Waals surface area contributed by atoms with Crippen LogP contribution in [0.5, 0.6) is 11.5 Å². The Morgan fingerprint density at radius 2 is 1.68 bits per heavy atom. The molecule has 4 aromatic rings. The molecule has 0 aliphatic rings. The lowest BCUT2D eigenvalue weighted by Gasteiger charge is -2.07. The minimum atomic E-state index is -0.535. The zero-order chi connectivity index (χ0) is 26.9. The molecule has 3 aromatic carbocycles. The standard InChI is InChI=1S/C28H24ClN3O5S/c1-2-15-36-20-13-9-19(10-14-20)27(34)30-17-24(33)32-31-16-18-7-11-21(12-8-18)37-28(35)26-25(29)22-5-3-4-6-23(22)38-26/h3-14,16H,2,15,17H2,1H3,(H,30,34)(H,32,33). The van der Waals surface area contributed by atoms with Gasteiger partial charge in [-0.05, 0) is 66.6 Å². The first-order valence-corrected chi connectivity index (χ1v) is 13.0. The van der Waals surface area contributed by atoms with Gasteiger partial charge in [-0.25, -0.2) is 10.2 Å². The van der Waals surface area contributed by atoms with Crippen LogP contribution in [0.4, 0.5) is 0 Å². The van der Waals surface area contributed by atoms with Crippen LogP contribution in [0.2, 0.25) is 5.02 Å². The zero-order valence-corrected chi connectivity index (χ0v) is 22.0. The number of halogens is 1. The second kappa shape index (κ2) is 12.8. The Hall–Kier alpha value is -4.21. The van der Waals surface area contributed by atoms with Crippen LogP contribution in [-0.4, -0.2) is 37.1 Å². The number of hydrogen-bond acceptors (Lipinski definition) is 7. The van der Waals surface area contributed by atoms with E-state index in [2.05, 4.69) is 15.8 Å². The molecule has 0 saturated heterocycles. The van der Waals surface area contributed by atoms with Crippen LogP contribution in [0.1, 0.15) is 38.9 Å². The third-order valence-corrected chi connectivity index (χ3v) is 6.87. The van der Waals surface area contributed by atoms with Gasteiger partial charge in [0, 0.05) is 15.6 Å². The number of thiophene rings is 1. The van der Waals surface area contributed by atoms with Crippen molar-refractivity contribution in [1.29, 1.82) is 0 Å². The highest BCUT2D eigenvalue weighted by Crippen LogP contribution is 2.35. The molecule has 0 aliphatic heterocycles. The normalized spacial score (nSPS) is 10.9. The van der Waals surface area contributed by atoms with E-state index in [9.17, 15) is 14.4 Å². The topological polar surface area (TPSA) is 106 Å². The van der Waals surface area contributed by atoms with Gasteiger partial charge in [0.2, 0.25) is 0 Å². The van der Waals surface area contributed by atoms with Gasteiger partial charge in [0.15, 0.2) is 0 Å². The average Bonchev–Trinajstić information content (AvgIpc) is 3.28. The van der Waals surface area contributed by atoms with E-state index < -0.39 is 11.9 Å². The Bertz CT molecular complexity index is 1470. The van der Waals surface area contributed by atoms with Gasteiger partial charge in [0.05, 0.1) is 24.4 Å². The maximum absolute atomic E-state index is 12.6. The smallest absolute Gasteiger partial charge is 0.355 e. The Labute approximate surface area is 228 Å².